The molecule has 0 aromatic carbocycles. The predicted octanol–water partition coefficient (Wildman–Crippen LogP) is 5.65. The molecule has 5 heteroatoms. The van der Waals surface area contributed by atoms with Gasteiger partial charge in [-0.15, -0.1) is 0 Å². The highest BCUT2D eigenvalue weighted by Crippen LogP contribution is 2.75. The minimum absolute atomic E-state index is 0.0220. The van der Waals surface area contributed by atoms with Crippen molar-refractivity contribution < 1.29 is 24.9 Å². The maximum absolute atomic E-state index is 13.1. The Morgan fingerprint density at radius 1 is 0.919 bits per heavy atom. The molecule has 5 aliphatic rings. The van der Waals surface area contributed by atoms with E-state index in [1.807, 2.05) is 6.92 Å². The summed E-state index contributed by atoms with van der Waals surface area (Å²) in [6.45, 7) is 18.2. The Kier molecular flexibility index (Phi) is 6.20. The van der Waals surface area contributed by atoms with Crippen LogP contribution in [-0.4, -0.2) is 46.2 Å². The molecule has 0 amide bonds. The van der Waals surface area contributed by atoms with Crippen LogP contribution in [-0.2, 0) is 9.53 Å². The van der Waals surface area contributed by atoms with Crippen LogP contribution in [0, 0.1) is 50.2 Å². The summed E-state index contributed by atoms with van der Waals surface area (Å²) in [5.74, 6) is 0.671. The summed E-state index contributed by atoms with van der Waals surface area (Å²) in [6.07, 6.45) is 7.46. The number of esters is 1. The zero-order valence-electron chi connectivity index (χ0n) is 24.6. The Bertz CT molecular complexity index is 988. The molecule has 11 atom stereocenters. The molecule has 0 aromatic heterocycles. The maximum atomic E-state index is 13.1. The number of hydrogen-bond acceptors (Lipinski definition) is 5. The number of allylic oxidation sites excluding steroid dienone is 2. The van der Waals surface area contributed by atoms with Crippen molar-refractivity contribution in [1.82, 2.24) is 0 Å². The summed E-state index contributed by atoms with van der Waals surface area (Å²) in [6, 6.07) is 0. The molecule has 0 saturated heterocycles. The minimum Gasteiger partial charge on any atom is -0.466 e. The van der Waals surface area contributed by atoms with E-state index in [0.29, 0.717) is 12.5 Å². The Labute approximate surface area is 224 Å². The monoisotopic (exact) mass is 516 g/mol. The van der Waals surface area contributed by atoms with Crippen LogP contribution in [0.3, 0.4) is 0 Å². The van der Waals surface area contributed by atoms with Crippen molar-refractivity contribution in [3.63, 3.8) is 0 Å². The van der Waals surface area contributed by atoms with Gasteiger partial charge in [-0.05, 0) is 105 Å². The summed E-state index contributed by atoms with van der Waals surface area (Å²) in [7, 11) is 0. The fourth-order valence-corrected chi connectivity index (χ4v) is 10.9. The molecule has 5 aliphatic carbocycles. The number of carbonyl (C=O) groups excluding carboxylic acids is 1. The van der Waals surface area contributed by atoms with Gasteiger partial charge in [0.2, 0.25) is 0 Å². The third kappa shape index (κ3) is 3.35. The normalized spacial score (nSPS) is 54.6. The summed E-state index contributed by atoms with van der Waals surface area (Å²) >= 11 is 0. The van der Waals surface area contributed by atoms with Gasteiger partial charge in [-0.3, -0.25) is 4.79 Å². The first-order valence-corrected chi connectivity index (χ1v) is 14.9. The zero-order valence-corrected chi connectivity index (χ0v) is 24.6. The number of ether oxygens (including phenoxy) is 1. The van der Waals surface area contributed by atoms with Gasteiger partial charge < -0.3 is 20.1 Å². The lowest BCUT2D eigenvalue weighted by molar-refractivity contribution is -0.278. The number of aliphatic hydroxyl groups is 3. The van der Waals surface area contributed by atoms with Gasteiger partial charge in [-0.1, -0.05) is 53.2 Å². The molecule has 0 bridgehead atoms. The second kappa shape index (κ2) is 8.30. The van der Waals surface area contributed by atoms with Gasteiger partial charge in [0.05, 0.1) is 24.2 Å². The molecular formula is C32H52O5. The van der Waals surface area contributed by atoms with Crippen LogP contribution >= 0.6 is 0 Å². The van der Waals surface area contributed by atoms with E-state index in [4.69, 9.17) is 4.74 Å². The quantitative estimate of drug-likeness (QED) is 0.326. The summed E-state index contributed by atoms with van der Waals surface area (Å²) in [4.78, 5) is 13.1. The van der Waals surface area contributed by atoms with Crippen LogP contribution in [0.5, 0.6) is 0 Å². The smallest absolute Gasteiger partial charge is 0.311 e. The largest absolute Gasteiger partial charge is 0.466 e. The average molecular weight is 517 g/mol. The molecular weight excluding hydrogens is 464 g/mol. The number of fused-ring (bicyclic) bond motifs is 7. The fourth-order valence-electron chi connectivity index (χ4n) is 10.9. The Hall–Kier alpha value is -0.910. The van der Waals surface area contributed by atoms with Crippen LogP contribution < -0.4 is 0 Å². The second-order valence-electron chi connectivity index (χ2n) is 15.5. The Morgan fingerprint density at radius 2 is 1.57 bits per heavy atom. The van der Waals surface area contributed by atoms with Gasteiger partial charge in [-0.25, -0.2) is 0 Å². The summed E-state index contributed by atoms with van der Waals surface area (Å²) in [5.41, 5.74) is 0.315. The van der Waals surface area contributed by atoms with Crippen molar-refractivity contribution in [2.24, 2.45) is 50.2 Å². The molecule has 0 aliphatic heterocycles. The molecule has 5 nitrogen and oxygen atoms in total. The van der Waals surface area contributed by atoms with Gasteiger partial charge in [0, 0.05) is 5.41 Å². The lowest BCUT2D eigenvalue weighted by atomic mass is 9.33. The van der Waals surface area contributed by atoms with E-state index in [2.05, 4.69) is 54.5 Å². The first-order chi connectivity index (χ1) is 17.0. The summed E-state index contributed by atoms with van der Waals surface area (Å²) in [5, 5.41) is 33.6. The lowest BCUT2D eigenvalue weighted by Crippen LogP contribution is -2.71. The molecule has 210 valence electrons. The van der Waals surface area contributed by atoms with Crippen molar-refractivity contribution in [3.8, 4) is 0 Å². The molecule has 4 saturated carbocycles. The molecule has 0 heterocycles. The van der Waals surface area contributed by atoms with Gasteiger partial charge in [-0.2, -0.15) is 0 Å². The molecule has 0 spiro atoms. The first kappa shape index (κ1) is 27.6. The van der Waals surface area contributed by atoms with Crippen LogP contribution in [0.25, 0.3) is 0 Å². The molecule has 4 fully saturated rings. The number of aliphatic hydroxyl groups excluding tert-OH is 3. The van der Waals surface area contributed by atoms with E-state index < -0.39 is 34.6 Å². The van der Waals surface area contributed by atoms with Crippen molar-refractivity contribution in [3.05, 3.63) is 11.6 Å². The highest BCUT2D eigenvalue weighted by molar-refractivity contribution is 5.76. The van der Waals surface area contributed by atoms with Crippen molar-refractivity contribution in [2.45, 2.75) is 125 Å². The average Bonchev–Trinajstić information content (AvgIpc) is 2.83. The maximum Gasteiger partial charge on any atom is 0.311 e. The Morgan fingerprint density at radius 3 is 2.22 bits per heavy atom. The van der Waals surface area contributed by atoms with Crippen LogP contribution in [0.4, 0.5) is 0 Å². The lowest BCUT2D eigenvalue weighted by Gasteiger charge is -2.72. The predicted molar refractivity (Wildman–Crippen MR) is 144 cm³/mol. The molecule has 3 N–H and O–H groups in total. The van der Waals surface area contributed by atoms with Crippen molar-refractivity contribution in [1.29, 1.82) is 0 Å². The van der Waals surface area contributed by atoms with E-state index in [9.17, 15) is 20.1 Å². The third-order valence-electron chi connectivity index (χ3n) is 13.7. The van der Waals surface area contributed by atoms with Gasteiger partial charge >= 0.3 is 5.97 Å². The van der Waals surface area contributed by atoms with Crippen LogP contribution in [0.2, 0.25) is 0 Å². The minimum atomic E-state index is -1.13. The van der Waals surface area contributed by atoms with E-state index in [1.165, 1.54) is 0 Å². The van der Waals surface area contributed by atoms with Gasteiger partial charge in [0.1, 0.15) is 6.10 Å². The van der Waals surface area contributed by atoms with Crippen LogP contribution in [0.15, 0.2) is 11.6 Å². The van der Waals surface area contributed by atoms with E-state index in [1.54, 1.807) is 5.57 Å². The topological polar surface area (TPSA) is 87.0 Å². The first-order valence-electron chi connectivity index (χ1n) is 14.9. The molecule has 37 heavy (non-hydrogen) atoms. The Balaban J connectivity index is 1.57. The highest BCUT2D eigenvalue weighted by atomic mass is 16.5. The van der Waals surface area contributed by atoms with Crippen molar-refractivity contribution in [2.75, 3.05) is 6.61 Å². The zero-order chi connectivity index (χ0) is 27.4. The molecule has 0 radical (unpaired) electrons. The van der Waals surface area contributed by atoms with Crippen LogP contribution in [0.1, 0.15) is 107 Å². The van der Waals surface area contributed by atoms with E-state index in [-0.39, 0.29) is 34.1 Å². The number of carbonyl (C=O) groups is 1. The SMILES string of the molecule is CCOC(=O)[C@@]1(C)CC[C@]2(C)CC[C@]3(C)C(=CC[C@@H]4[C@@]5(C)[C@@H](O)[C@H](O)[C@H](O)C(C)(C)[C@@H]5CC[C@]43C)[C@@H]2C1. The molecule has 0 unspecified atom stereocenters. The van der Waals surface area contributed by atoms with Crippen molar-refractivity contribution >= 4 is 5.97 Å². The summed E-state index contributed by atoms with van der Waals surface area (Å²) < 4.78 is 5.56. The standard InChI is InChI=1S/C32H52O5/c1-9-37-26(36)29(5)15-14-28(4)16-17-30(6)19(20(28)18-29)10-11-22-31(30,7)13-12-21-27(2,3)24(34)23(33)25(35)32(21,22)8/h10,20-25,33-35H,9,11-18H2,1-8H3/t20-,21-,22-,23+,24-,25-,28+,29-,30+,31+,32-/m0/s1. The fraction of sp³-hybridized carbons (Fsp3) is 0.906. The van der Waals surface area contributed by atoms with Gasteiger partial charge in [0.15, 0.2) is 0 Å². The number of rotatable bonds is 2. The van der Waals surface area contributed by atoms with Gasteiger partial charge in [0.25, 0.3) is 0 Å². The third-order valence-corrected chi connectivity index (χ3v) is 13.7. The van der Waals surface area contributed by atoms with E-state index in [0.717, 1.165) is 51.4 Å². The number of hydrogen-bond donors (Lipinski definition) is 3. The highest BCUT2D eigenvalue weighted by Gasteiger charge is 2.71. The second-order valence-corrected chi connectivity index (χ2v) is 15.5. The van der Waals surface area contributed by atoms with E-state index >= 15 is 0 Å². The molecule has 0 aromatic rings. The molecule has 5 rings (SSSR count).